The van der Waals surface area contributed by atoms with Gasteiger partial charge in [-0.2, -0.15) is 12.6 Å². The molecule has 2 N–H and O–H groups in total. The number of thiol groups is 1. The van der Waals surface area contributed by atoms with Crippen molar-refractivity contribution in [2.24, 2.45) is 5.92 Å². The molecule has 1 aromatic rings. The average molecular weight is 409 g/mol. The first-order valence-electron chi connectivity index (χ1n) is 9.80. The minimum absolute atomic E-state index is 0.0364. The fraction of sp³-hybridized carbons (Fsp3) is 0.619. The van der Waals surface area contributed by atoms with Gasteiger partial charge in [-0.05, 0) is 30.7 Å². The first-order chi connectivity index (χ1) is 12.9. The Morgan fingerprint density at radius 2 is 1.89 bits per heavy atom. The van der Waals surface area contributed by atoms with Crippen molar-refractivity contribution in [1.82, 2.24) is 10.6 Å². The highest BCUT2D eigenvalue weighted by atomic mass is 32.2. The number of amides is 2. The summed E-state index contributed by atoms with van der Waals surface area (Å²) in [5, 5.41) is 6.31. The number of carbonyl (C=O) groups excluding carboxylic acids is 2. The number of nitrogens with one attached hydrogen (secondary N) is 2. The van der Waals surface area contributed by atoms with Crippen LogP contribution in [-0.4, -0.2) is 40.7 Å². The summed E-state index contributed by atoms with van der Waals surface area (Å²) in [4.78, 5) is 25.4. The summed E-state index contributed by atoms with van der Waals surface area (Å²) in [6.45, 7) is 4.27. The highest BCUT2D eigenvalue weighted by Gasteiger charge is 2.32. The van der Waals surface area contributed by atoms with Gasteiger partial charge in [0.1, 0.15) is 6.04 Å². The van der Waals surface area contributed by atoms with Crippen molar-refractivity contribution in [2.75, 3.05) is 7.05 Å². The normalized spacial score (nSPS) is 21.7. The molecule has 6 heteroatoms. The molecular weight excluding hydrogens is 376 g/mol. The van der Waals surface area contributed by atoms with Gasteiger partial charge in [-0.15, -0.1) is 11.8 Å². The van der Waals surface area contributed by atoms with Crippen LogP contribution in [0.25, 0.3) is 0 Å². The van der Waals surface area contributed by atoms with Crippen LogP contribution in [-0.2, 0) is 16.0 Å². The summed E-state index contributed by atoms with van der Waals surface area (Å²) in [7, 11) is 1.61. The molecule has 0 aliphatic heterocycles. The predicted octanol–water partition coefficient (Wildman–Crippen LogP) is 3.46. The van der Waals surface area contributed by atoms with Crippen LogP contribution in [0.15, 0.2) is 30.3 Å². The Kier molecular flexibility index (Phi) is 9.03. The van der Waals surface area contributed by atoms with E-state index >= 15 is 0 Å². The van der Waals surface area contributed by atoms with E-state index in [0.29, 0.717) is 22.8 Å². The van der Waals surface area contributed by atoms with E-state index in [4.69, 9.17) is 0 Å². The number of carbonyl (C=O) groups is 2. The Bertz CT molecular complexity index is 609. The molecule has 0 spiro atoms. The van der Waals surface area contributed by atoms with Gasteiger partial charge in [0.05, 0.1) is 5.25 Å². The van der Waals surface area contributed by atoms with E-state index in [1.54, 1.807) is 18.8 Å². The molecule has 1 aromatic carbocycles. The first kappa shape index (κ1) is 22.2. The van der Waals surface area contributed by atoms with Crippen molar-refractivity contribution in [3.63, 3.8) is 0 Å². The van der Waals surface area contributed by atoms with Crippen molar-refractivity contribution >= 4 is 36.2 Å². The van der Waals surface area contributed by atoms with Crippen LogP contribution in [0.4, 0.5) is 0 Å². The summed E-state index contributed by atoms with van der Waals surface area (Å²) in [6, 6.07) is 9.24. The van der Waals surface area contributed by atoms with Gasteiger partial charge in [0, 0.05) is 24.0 Å². The SMILES string of the molecule is CNC(=O)[C@H](Cc1ccccc1)NC(=O)[C@@H](CC(C)C)S[C@@H]1CCC[C@@H]1S. The third-order valence-electron chi connectivity index (χ3n) is 4.90. The summed E-state index contributed by atoms with van der Waals surface area (Å²) >= 11 is 6.43. The molecular formula is C21H32N2O2S2. The Labute approximate surface area is 173 Å². The molecule has 0 saturated heterocycles. The summed E-state index contributed by atoms with van der Waals surface area (Å²) in [6.07, 6.45) is 4.70. The second kappa shape index (κ2) is 11.0. The zero-order chi connectivity index (χ0) is 19.8. The summed E-state index contributed by atoms with van der Waals surface area (Å²) in [5.74, 6) is 0.222. The molecule has 1 fully saturated rings. The maximum atomic E-state index is 13.1. The van der Waals surface area contributed by atoms with Crippen LogP contribution in [0.5, 0.6) is 0 Å². The molecule has 1 aliphatic carbocycles. The van der Waals surface area contributed by atoms with E-state index < -0.39 is 6.04 Å². The fourth-order valence-corrected chi connectivity index (χ4v) is 5.70. The van der Waals surface area contributed by atoms with Crippen LogP contribution in [0.3, 0.4) is 0 Å². The maximum Gasteiger partial charge on any atom is 0.242 e. The van der Waals surface area contributed by atoms with Crippen LogP contribution >= 0.6 is 24.4 Å². The van der Waals surface area contributed by atoms with Crippen molar-refractivity contribution in [3.8, 4) is 0 Å². The number of hydrogen-bond acceptors (Lipinski definition) is 4. The van der Waals surface area contributed by atoms with E-state index in [1.165, 1.54) is 6.42 Å². The zero-order valence-electron chi connectivity index (χ0n) is 16.5. The average Bonchev–Trinajstić information content (AvgIpc) is 3.05. The molecule has 0 bridgehead atoms. The molecule has 0 aromatic heterocycles. The minimum atomic E-state index is -0.560. The van der Waals surface area contributed by atoms with E-state index in [1.807, 2.05) is 30.3 Å². The molecule has 0 radical (unpaired) electrons. The molecule has 150 valence electrons. The third kappa shape index (κ3) is 7.07. The lowest BCUT2D eigenvalue weighted by atomic mass is 10.0. The minimum Gasteiger partial charge on any atom is -0.357 e. The highest BCUT2D eigenvalue weighted by Crippen LogP contribution is 2.37. The smallest absolute Gasteiger partial charge is 0.242 e. The van der Waals surface area contributed by atoms with Gasteiger partial charge in [-0.25, -0.2) is 0 Å². The number of benzene rings is 1. The van der Waals surface area contributed by atoms with Crippen LogP contribution in [0, 0.1) is 5.92 Å². The zero-order valence-corrected chi connectivity index (χ0v) is 18.2. The lowest BCUT2D eigenvalue weighted by Gasteiger charge is -2.26. The Morgan fingerprint density at radius 3 is 2.44 bits per heavy atom. The van der Waals surface area contributed by atoms with Gasteiger partial charge in [0.2, 0.25) is 11.8 Å². The molecule has 2 rings (SSSR count). The molecule has 1 saturated carbocycles. The monoisotopic (exact) mass is 408 g/mol. The van der Waals surface area contributed by atoms with E-state index in [-0.39, 0.29) is 17.1 Å². The van der Waals surface area contributed by atoms with Crippen molar-refractivity contribution in [3.05, 3.63) is 35.9 Å². The maximum absolute atomic E-state index is 13.1. The second-order valence-electron chi connectivity index (χ2n) is 7.66. The van der Waals surface area contributed by atoms with Gasteiger partial charge in [-0.1, -0.05) is 50.6 Å². The Balaban J connectivity index is 2.07. The fourth-order valence-electron chi connectivity index (χ4n) is 3.43. The van der Waals surface area contributed by atoms with Crippen LogP contribution in [0.2, 0.25) is 0 Å². The van der Waals surface area contributed by atoms with Gasteiger partial charge in [0.25, 0.3) is 0 Å². The van der Waals surface area contributed by atoms with Crippen molar-refractivity contribution < 1.29 is 9.59 Å². The van der Waals surface area contributed by atoms with Gasteiger partial charge < -0.3 is 10.6 Å². The topological polar surface area (TPSA) is 58.2 Å². The second-order valence-corrected chi connectivity index (χ2v) is 9.77. The van der Waals surface area contributed by atoms with Crippen LogP contribution in [0.1, 0.15) is 45.1 Å². The summed E-state index contributed by atoms with van der Waals surface area (Å²) < 4.78 is 0. The number of thioether (sulfide) groups is 1. The highest BCUT2D eigenvalue weighted by molar-refractivity contribution is 8.02. The molecule has 4 nitrogen and oxygen atoms in total. The van der Waals surface area contributed by atoms with Crippen molar-refractivity contribution in [2.45, 2.75) is 67.7 Å². The van der Waals surface area contributed by atoms with E-state index in [0.717, 1.165) is 24.8 Å². The third-order valence-corrected chi connectivity index (χ3v) is 7.37. The van der Waals surface area contributed by atoms with E-state index in [2.05, 4.69) is 37.1 Å². The number of hydrogen-bond donors (Lipinski definition) is 3. The Hall–Kier alpha value is -1.14. The van der Waals surface area contributed by atoms with Crippen LogP contribution < -0.4 is 10.6 Å². The van der Waals surface area contributed by atoms with E-state index in [9.17, 15) is 9.59 Å². The molecule has 1 aliphatic rings. The quantitative estimate of drug-likeness (QED) is 0.549. The summed E-state index contributed by atoms with van der Waals surface area (Å²) in [5.41, 5.74) is 1.03. The predicted molar refractivity (Wildman–Crippen MR) is 117 cm³/mol. The molecule has 0 unspecified atom stereocenters. The van der Waals surface area contributed by atoms with Gasteiger partial charge in [-0.3, -0.25) is 9.59 Å². The van der Waals surface area contributed by atoms with Crippen molar-refractivity contribution in [1.29, 1.82) is 0 Å². The Morgan fingerprint density at radius 1 is 1.19 bits per heavy atom. The standard InChI is InChI=1S/C21H32N2O2S2/c1-14(2)12-19(27-18-11-7-10-17(18)26)21(25)23-16(20(24)22-3)13-15-8-5-4-6-9-15/h4-6,8-9,14,16-19,26H,7,10-13H2,1-3H3,(H,22,24)(H,23,25)/t16-,17-,18+,19+/m0/s1. The number of likely N-dealkylation sites (N-methyl/N-ethyl adjacent to an activating group) is 1. The molecule has 27 heavy (non-hydrogen) atoms. The largest absolute Gasteiger partial charge is 0.357 e. The van der Waals surface area contributed by atoms with Gasteiger partial charge in [0.15, 0.2) is 0 Å². The lowest BCUT2D eigenvalue weighted by Crippen LogP contribution is -2.50. The first-order valence-corrected chi connectivity index (χ1v) is 11.3. The molecule has 2 amide bonds. The molecule has 4 atom stereocenters. The molecule has 0 heterocycles. The van der Waals surface area contributed by atoms with Gasteiger partial charge >= 0.3 is 0 Å². The number of rotatable bonds is 9. The lowest BCUT2D eigenvalue weighted by molar-refractivity contribution is -0.128.